The van der Waals surface area contributed by atoms with E-state index in [-0.39, 0.29) is 11.3 Å². The molecular formula is C16H14F2O2. The van der Waals surface area contributed by atoms with E-state index in [0.717, 1.165) is 5.56 Å². The highest BCUT2D eigenvalue weighted by molar-refractivity contribution is 6.02. The minimum Gasteiger partial charge on any atom is -0.496 e. The van der Waals surface area contributed by atoms with Gasteiger partial charge >= 0.3 is 5.92 Å². The number of rotatable bonds is 4. The maximum atomic E-state index is 14.4. The Bertz CT molecular complexity index is 622. The molecule has 20 heavy (non-hydrogen) atoms. The predicted octanol–water partition coefficient (Wildman–Crippen LogP) is 3.98. The van der Waals surface area contributed by atoms with Gasteiger partial charge in [-0.15, -0.1) is 0 Å². The monoisotopic (exact) mass is 276 g/mol. The molecule has 4 heteroatoms. The van der Waals surface area contributed by atoms with Crippen molar-refractivity contribution in [1.29, 1.82) is 0 Å². The second kappa shape index (κ2) is 5.41. The van der Waals surface area contributed by atoms with E-state index in [2.05, 4.69) is 0 Å². The molecule has 0 saturated heterocycles. The van der Waals surface area contributed by atoms with Gasteiger partial charge in [0.15, 0.2) is 0 Å². The second-order valence-electron chi connectivity index (χ2n) is 4.47. The van der Waals surface area contributed by atoms with Crippen LogP contribution in [-0.2, 0) is 5.92 Å². The van der Waals surface area contributed by atoms with Crippen molar-refractivity contribution in [2.24, 2.45) is 0 Å². The third kappa shape index (κ3) is 2.54. The smallest absolute Gasteiger partial charge is 0.338 e. The molecule has 0 amide bonds. The zero-order chi connectivity index (χ0) is 14.8. The topological polar surface area (TPSA) is 26.3 Å². The number of aryl methyl sites for hydroxylation is 1. The van der Waals surface area contributed by atoms with E-state index in [1.807, 2.05) is 0 Å². The van der Waals surface area contributed by atoms with Crippen molar-refractivity contribution in [3.63, 3.8) is 0 Å². The van der Waals surface area contributed by atoms with Crippen LogP contribution in [0.1, 0.15) is 21.5 Å². The predicted molar refractivity (Wildman–Crippen MR) is 72.4 cm³/mol. The number of hydrogen-bond acceptors (Lipinski definition) is 2. The third-order valence-electron chi connectivity index (χ3n) is 3.02. The molecule has 0 fully saturated rings. The van der Waals surface area contributed by atoms with E-state index in [1.165, 1.54) is 37.4 Å². The fourth-order valence-electron chi connectivity index (χ4n) is 1.95. The molecule has 0 bridgehead atoms. The Morgan fingerprint density at radius 3 is 2.35 bits per heavy atom. The molecule has 2 aromatic carbocycles. The van der Waals surface area contributed by atoms with Crippen molar-refractivity contribution in [2.75, 3.05) is 7.11 Å². The first kappa shape index (κ1) is 14.2. The van der Waals surface area contributed by atoms with Gasteiger partial charge in [0.05, 0.1) is 12.7 Å². The largest absolute Gasteiger partial charge is 0.496 e. The molecule has 0 spiro atoms. The van der Waals surface area contributed by atoms with Crippen molar-refractivity contribution in [3.05, 3.63) is 65.2 Å². The molecular weight excluding hydrogens is 262 g/mol. The molecule has 0 N–H and O–H groups in total. The number of carbonyl (C=O) groups excluding carboxylic acids is 1. The summed E-state index contributed by atoms with van der Waals surface area (Å²) in [6.45, 7) is 1.77. The van der Waals surface area contributed by atoms with Gasteiger partial charge in [0.1, 0.15) is 5.75 Å². The fourth-order valence-corrected chi connectivity index (χ4v) is 1.95. The van der Waals surface area contributed by atoms with Crippen LogP contribution in [0.15, 0.2) is 48.5 Å². The molecule has 0 aliphatic rings. The zero-order valence-corrected chi connectivity index (χ0v) is 11.2. The number of Topliss-reactive ketones (excluding diaryl/α,β-unsaturated/α-hetero) is 1. The van der Waals surface area contributed by atoms with Gasteiger partial charge in [0.25, 0.3) is 0 Å². The van der Waals surface area contributed by atoms with Gasteiger partial charge in [-0.3, -0.25) is 4.79 Å². The first-order valence-corrected chi connectivity index (χ1v) is 6.09. The Morgan fingerprint density at radius 1 is 1.10 bits per heavy atom. The molecule has 2 rings (SSSR count). The fraction of sp³-hybridized carbons (Fsp3) is 0.188. The van der Waals surface area contributed by atoms with Crippen LogP contribution in [0.25, 0.3) is 0 Å². The Hall–Kier alpha value is -2.23. The summed E-state index contributed by atoms with van der Waals surface area (Å²) in [6.07, 6.45) is 0. The van der Waals surface area contributed by atoms with Crippen LogP contribution >= 0.6 is 0 Å². The van der Waals surface area contributed by atoms with Crippen molar-refractivity contribution in [1.82, 2.24) is 0 Å². The van der Waals surface area contributed by atoms with Gasteiger partial charge in [0.2, 0.25) is 5.78 Å². The van der Waals surface area contributed by atoms with E-state index in [9.17, 15) is 13.6 Å². The standard InChI is InChI=1S/C16H14F2O2/c1-11-8-9-13(14(10-11)20-2)16(17,18)15(19)12-6-4-3-5-7-12/h3-10H,1-2H3. The molecule has 104 valence electrons. The summed E-state index contributed by atoms with van der Waals surface area (Å²) in [4.78, 5) is 12.0. The van der Waals surface area contributed by atoms with E-state index in [0.29, 0.717) is 0 Å². The third-order valence-corrected chi connectivity index (χ3v) is 3.02. The number of hydrogen-bond donors (Lipinski definition) is 0. The Kier molecular flexibility index (Phi) is 3.84. The van der Waals surface area contributed by atoms with Crippen LogP contribution in [0.3, 0.4) is 0 Å². The minimum atomic E-state index is -3.62. The Balaban J connectivity index is 2.47. The SMILES string of the molecule is COc1cc(C)ccc1C(F)(F)C(=O)c1ccccc1. The van der Waals surface area contributed by atoms with Gasteiger partial charge in [-0.1, -0.05) is 36.4 Å². The number of ether oxygens (including phenoxy) is 1. The number of carbonyl (C=O) groups is 1. The molecule has 0 heterocycles. The molecule has 0 aliphatic heterocycles. The first-order chi connectivity index (χ1) is 9.46. The van der Waals surface area contributed by atoms with Crippen LogP contribution in [0.4, 0.5) is 8.78 Å². The lowest BCUT2D eigenvalue weighted by molar-refractivity contribution is 0.00601. The summed E-state index contributed by atoms with van der Waals surface area (Å²) in [5, 5.41) is 0. The maximum Gasteiger partial charge on any atom is 0.338 e. The van der Waals surface area contributed by atoms with Crippen LogP contribution in [0, 0.1) is 6.92 Å². The minimum absolute atomic E-state index is 0.0132. The number of methoxy groups -OCH3 is 1. The van der Waals surface area contributed by atoms with Gasteiger partial charge in [-0.05, 0) is 24.6 Å². The summed E-state index contributed by atoms with van der Waals surface area (Å²) in [7, 11) is 1.31. The van der Waals surface area contributed by atoms with Crippen molar-refractivity contribution < 1.29 is 18.3 Å². The van der Waals surface area contributed by atoms with Crippen LogP contribution in [0.2, 0.25) is 0 Å². The van der Waals surface area contributed by atoms with Gasteiger partial charge in [-0.2, -0.15) is 8.78 Å². The number of halogens is 2. The van der Waals surface area contributed by atoms with Crippen LogP contribution in [-0.4, -0.2) is 12.9 Å². The second-order valence-corrected chi connectivity index (χ2v) is 4.47. The van der Waals surface area contributed by atoms with Crippen LogP contribution in [0.5, 0.6) is 5.75 Å². The van der Waals surface area contributed by atoms with Crippen molar-refractivity contribution in [3.8, 4) is 5.75 Å². The lowest BCUT2D eigenvalue weighted by Crippen LogP contribution is -2.26. The molecule has 0 atom stereocenters. The first-order valence-electron chi connectivity index (χ1n) is 6.09. The summed E-state index contributed by atoms with van der Waals surface area (Å²) in [6, 6.07) is 11.8. The van der Waals surface area contributed by atoms with E-state index in [4.69, 9.17) is 4.74 Å². The Morgan fingerprint density at radius 2 is 1.75 bits per heavy atom. The normalized spacial score (nSPS) is 11.2. The highest BCUT2D eigenvalue weighted by Gasteiger charge is 2.43. The lowest BCUT2D eigenvalue weighted by atomic mass is 9.97. The molecule has 0 aliphatic carbocycles. The van der Waals surface area contributed by atoms with Crippen molar-refractivity contribution in [2.45, 2.75) is 12.8 Å². The molecule has 0 unspecified atom stereocenters. The van der Waals surface area contributed by atoms with Crippen molar-refractivity contribution >= 4 is 5.78 Å². The average Bonchev–Trinajstić information content (AvgIpc) is 2.46. The summed E-state index contributed by atoms with van der Waals surface area (Å²) < 4.78 is 33.7. The zero-order valence-electron chi connectivity index (χ0n) is 11.2. The summed E-state index contributed by atoms with van der Waals surface area (Å²) >= 11 is 0. The number of alkyl halides is 2. The van der Waals surface area contributed by atoms with Gasteiger partial charge < -0.3 is 4.74 Å². The molecule has 0 aromatic heterocycles. The molecule has 0 radical (unpaired) electrons. The molecule has 0 saturated carbocycles. The van der Waals surface area contributed by atoms with Gasteiger partial charge in [0, 0.05) is 5.56 Å². The molecule has 2 aromatic rings. The summed E-state index contributed by atoms with van der Waals surface area (Å²) in [5.41, 5.74) is 0.341. The summed E-state index contributed by atoms with van der Waals surface area (Å²) in [5.74, 6) is -4.85. The Labute approximate surface area is 116 Å². The van der Waals surface area contributed by atoms with E-state index in [1.54, 1.807) is 25.1 Å². The highest BCUT2D eigenvalue weighted by atomic mass is 19.3. The quantitative estimate of drug-likeness (QED) is 0.790. The van der Waals surface area contributed by atoms with E-state index >= 15 is 0 Å². The average molecular weight is 276 g/mol. The number of benzene rings is 2. The maximum absolute atomic E-state index is 14.4. The highest BCUT2D eigenvalue weighted by Crippen LogP contribution is 2.38. The molecule has 2 nitrogen and oxygen atoms in total. The number of ketones is 1. The van der Waals surface area contributed by atoms with E-state index < -0.39 is 17.3 Å². The van der Waals surface area contributed by atoms with Crippen LogP contribution < -0.4 is 4.74 Å². The van der Waals surface area contributed by atoms with Gasteiger partial charge in [-0.25, -0.2) is 0 Å². The lowest BCUT2D eigenvalue weighted by Gasteiger charge is -2.18.